The van der Waals surface area contributed by atoms with Crippen LogP contribution in [-0.4, -0.2) is 23.3 Å². The highest BCUT2D eigenvalue weighted by Gasteiger charge is 2.16. The van der Waals surface area contributed by atoms with E-state index in [4.69, 9.17) is 4.42 Å². The number of benzene rings is 1. The molecule has 0 fully saturated rings. The van der Waals surface area contributed by atoms with Gasteiger partial charge in [-0.15, -0.1) is 0 Å². The number of anilines is 1. The largest absolute Gasteiger partial charge is 0.423 e. The van der Waals surface area contributed by atoms with Crippen LogP contribution >= 0.6 is 8.23 Å². The molecule has 3 nitrogen and oxygen atoms in total. The highest BCUT2D eigenvalue weighted by atomic mass is 31.2. The van der Waals surface area contributed by atoms with Gasteiger partial charge in [-0.25, -0.2) is 8.59 Å². The average Bonchev–Trinajstić information content (AvgIpc) is 2.78. The maximum absolute atomic E-state index is 13.7. The molecular weight excluding hydrogens is 269 g/mol. The number of oxazole rings is 1. The van der Waals surface area contributed by atoms with Crippen LogP contribution in [0.25, 0.3) is 11.1 Å². The van der Waals surface area contributed by atoms with Gasteiger partial charge in [0.2, 0.25) is 0 Å². The third-order valence-corrected chi connectivity index (χ3v) is 4.83. The topological polar surface area (TPSA) is 38.1 Å². The van der Waals surface area contributed by atoms with Crippen molar-refractivity contribution in [3.8, 4) is 0 Å². The second kappa shape index (κ2) is 6.29. The molecule has 2 rings (SSSR count). The molecule has 2 atom stereocenters. The van der Waals surface area contributed by atoms with Crippen molar-refractivity contribution in [3.05, 3.63) is 24.0 Å². The number of fused-ring (bicyclic) bond motifs is 1. The second-order valence-electron chi connectivity index (χ2n) is 4.48. The summed E-state index contributed by atoms with van der Waals surface area (Å²) in [7, 11) is -1.46. The molecule has 0 radical (unpaired) electrons. The van der Waals surface area contributed by atoms with Gasteiger partial charge >= 0.3 is 0 Å². The van der Waals surface area contributed by atoms with Crippen LogP contribution in [0.3, 0.4) is 0 Å². The van der Waals surface area contributed by atoms with Gasteiger partial charge in [0.15, 0.2) is 5.58 Å². The first kappa shape index (κ1) is 14.2. The Morgan fingerprint density at radius 2 is 2.26 bits per heavy atom. The Balaban J connectivity index is 1.98. The number of aromatic nitrogens is 1. The quantitative estimate of drug-likeness (QED) is 0.792. The van der Waals surface area contributed by atoms with Gasteiger partial charge < -0.3 is 9.73 Å². The van der Waals surface area contributed by atoms with E-state index in [2.05, 4.69) is 10.3 Å². The van der Waals surface area contributed by atoms with Crippen LogP contribution in [0.15, 0.2) is 22.6 Å². The number of hydrogen-bond acceptors (Lipinski definition) is 3. The van der Waals surface area contributed by atoms with E-state index in [0.717, 1.165) is 6.42 Å². The van der Waals surface area contributed by atoms with Crippen molar-refractivity contribution in [2.24, 2.45) is 0 Å². The maximum Gasteiger partial charge on any atom is 0.295 e. The van der Waals surface area contributed by atoms with Crippen molar-refractivity contribution < 1.29 is 13.0 Å². The monoisotopic (exact) mass is 286 g/mol. The summed E-state index contributed by atoms with van der Waals surface area (Å²) in [6.07, 6.45) is 1.48. The Morgan fingerprint density at radius 1 is 1.47 bits per heavy atom. The SMILES string of the molecule is CCCP(F)C(C)CNc1nc2ccc(F)cc2o1. The molecule has 0 aliphatic heterocycles. The minimum absolute atomic E-state index is 0.0540. The summed E-state index contributed by atoms with van der Waals surface area (Å²) in [5, 5.41) is 2.97. The number of nitrogens with zero attached hydrogens (tertiary/aromatic N) is 1. The molecule has 0 saturated heterocycles. The lowest BCUT2D eigenvalue weighted by Crippen LogP contribution is -2.14. The molecule has 0 aliphatic carbocycles. The van der Waals surface area contributed by atoms with E-state index in [1.165, 1.54) is 12.1 Å². The summed E-state index contributed by atoms with van der Waals surface area (Å²) in [5.74, 6) is -0.362. The smallest absolute Gasteiger partial charge is 0.295 e. The molecule has 1 aromatic heterocycles. The first-order valence-corrected chi connectivity index (χ1v) is 7.81. The molecule has 0 bridgehead atoms. The van der Waals surface area contributed by atoms with Crippen molar-refractivity contribution >= 4 is 25.3 Å². The van der Waals surface area contributed by atoms with Crippen LogP contribution in [0.2, 0.25) is 0 Å². The Kier molecular flexibility index (Phi) is 4.70. The molecule has 1 N–H and O–H groups in total. The molecule has 19 heavy (non-hydrogen) atoms. The molecule has 2 unspecified atom stereocenters. The molecule has 0 aliphatic rings. The van der Waals surface area contributed by atoms with E-state index < -0.39 is 8.23 Å². The number of rotatable bonds is 6. The van der Waals surface area contributed by atoms with Gasteiger partial charge in [-0.1, -0.05) is 13.8 Å². The standard InChI is InChI=1S/C13H17F2N2OP/c1-3-6-19(15)9(2)8-16-13-17-11-5-4-10(14)7-12(11)18-13/h4-5,7,9H,3,6,8H2,1-2H3,(H,16,17). The van der Waals surface area contributed by atoms with Crippen molar-refractivity contribution in [1.29, 1.82) is 0 Å². The second-order valence-corrected chi connectivity index (χ2v) is 6.61. The van der Waals surface area contributed by atoms with Gasteiger partial charge in [-0.3, -0.25) is 0 Å². The van der Waals surface area contributed by atoms with Gasteiger partial charge in [-0.05, 0) is 24.7 Å². The fourth-order valence-electron chi connectivity index (χ4n) is 1.74. The first-order chi connectivity index (χ1) is 9.10. The number of hydrogen-bond donors (Lipinski definition) is 1. The van der Waals surface area contributed by atoms with Crippen molar-refractivity contribution in [1.82, 2.24) is 4.98 Å². The molecule has 0 spiro atoms. The highest BCUT2D eigenvalue weighted by molar-refractivity contribution is 7.52. The minimum Gasteiger partial charge on any atom is -0.423 e. The van der Waals surface area contributed by atoms with E-state index >= 15 is 0 Å². The lowest BCUT2D eigenvalue weighted by molar-refractivity contribution is 0.599. The molecule has 104 valence electrons. The molecule has 6 heteroatoms. The molecule has 0 saturated carbocycles. The van der Waals surface area contributed by atoms with Gasteiger partial charge in [0.05, 0.1) is 8.23 Å². The Labute approximate surface area is 112 Å². The molecule has 0 amide bonds. The summed E-state index contributed by atoms with van der Waals surface area (Å²) < 4.78 is 32.0. The summed E-state index contributed by atoms with van der Waals surface area (Å²) in [6.45, 7) is 4.32. The van der Waals surface area contributed by atoms with E-state index in [1.54, 1.807) is 6.07 Å². The highest BCUT2D eigenvalue weighted by Crippen LogP contribution is 2.43. The van der Waals surface area contributed by atoms with E-state index in [9.17, 15) is 8.59 Å². The summed E-state index contributed by atoms with van der Waals surface area (Å²) in [6, 6.07) is 4.49. The lowest BCUT2D eigenvalue weighted by Gasteiger charge is -2.15. The van der Waals surface area contributed by atoms with Crippen LogP contribution in [0.4, 0.5) is 14.6 Å². The normalized spacial score (nSPS) is 14.5. The zero-order valence-corrected chi connectivity index (χ0v) is 11.9. The van der Waals surface area contributed by atoms with Crippen molar-refractivity contribution in [3.63, 3.8) is 0 Å². The third kappa shape index (κ3) is 3.63. The third-order valence-electron chi connectivity index (χ3n) is 2.81. The molecule has 1 aromatic carbocycles. The summed E-state index contributed by atoms with van der Waals surface area (Å²) >= 11 is 0. The molecule has 1 heterocycles. The molecular formula is C13H17F2N2OP. The maximum atomic E-state index is 13.7. The van der Waals surface area contributed by atoms with E-state index in [1.807, 2.05) is 13.8 Å². The number of nitrogens with one attached hydrogen (secondary N) is 1. The summed E-state index contributed by atoms with van der Waals surface area (Å²) in [5.41, 5.74) is 0.931. The van der Waals surface area contributed by atoms with Crippen LogP contribution in [0.5, 0.6) is 0 Å². The predicted molar refractivity (Wildman–Crippen MR) is 75.1 cm³/mol. The first-order valence-electron chi connectivity index (χ1n) is 6.32. The minimum atomic E-state index is -1.46. The summed E-state index contributed by atoms with van der Waals surface area (Å²) in [4.78, 5) is 4.17. The van der Waals surface area contributed by atoms with Crippen LogP contribution in [-0.2, 0) is 0 Å². The zero-order valence-electron chi connectivity index (χ0n) is 11.0. The fourth-order valence-corrected chi connectivity index (χ4v) is 2.90. The Bertz CT molecular complexity index is 546. The predicted octanol–water partition coefficient (Wildman–Crippen LogP) is 4.54. The zero-order chi connectivity index (χ0) is 13.8. The number of halogens is 2. The van der Waals surface area contributed by atoms with Gasteiger partial charge in [0, 0.05) is 18.3 Å². The van der Waals surface area contributed by atoms with Gasteiger partial charge in [0.25, 0.3) is 6.01 Å². The van der Waals surface area contributed by atoms with Gasteiger partial charge in [-0.2, -0.15) is 4.98 Å². The lowest BCUT2D eigenvalue weighted by atomic mass is 10.3. The van der Waals surface area contributed by atoms with Crippen molar-refractivity contribution in [2.75, 3.05) is 18.0 Å². The van der Waals surface area contributed by atoms with Crippen molar-refractivity contribution in [2.45, 2.75) is 25.9 Å². The van der Waals surface area contributed by atoms with Crippen LogP contribution in [0.1, 0.15) is 20.3 Å². The molecule has 2 aromatic rings. The van der Waals surface area contributed by atoms with Crippen LogP contribution in [0, 0.1) is 5.82 Å². The Morgan fingerprint density at radius 3 is 3.00 bits per heavy atom. The van der Waals surface area contributed by atoms with Gasteiger partial charge in [0.1, 0.15) is 11.3 Å². The van der Waals surface area contributed by atoms with E-state index in [-0.39, 0.29) is 11.5 Å². The fraction of sp³-hybridized carbons (Fsp3) is 0.462. The van der Waals surface area contributed by atoms with E-state index in [0.29, 0.717) is 29.8 Å². The Hall–Kier alpha value is -1.22. The average molecular weight is 286 g/mol. The van der Waals surface area contributed by atoms with Crippen LogP contribution < -0.4 is 5.32 Å².